The summed E-state index contributed by atoms with van der Waals surface area (Å²) in [5.74, 6) is -0.444. The number of amides is 1. The maximum absolute atomic E-state index is 12.9. The van der Waals surface area contributed by atoms with Crippen LogP contribution < -0.4 is 0 Å². The van der Waals surface area contributed by atoms with Crippen LogP contribution in [0.15, 0.2) is 48.5 Å². The Bertz CT molecular complexity index is 899. The van der Waals surface area contributed by atoms with Crippen LogP contribution in [-0.2, 0) is 20.9 Å². The van der Waals surface area contributed by atoms with E-state index in [1.165, 1.54) is 7.11 Å². The highest BCUT2D eigenvalue weighted by Gasteiger charge is 2.34. The highest BCUT2D eigenvalue weighted by molar-refractivity contribution is 5.84. The lowest BCUT2D eigenvalue weighted by Gasteiger charge is -2.33. The zero-order valence-electron chi connectivity index (χ0n) is 18.2. The first-order chi connectivity index (χ1) is 14.5. The fourth-order valence-electron chi connectivity index (χ4n) is 3.53. The Morgan fingerprint density at radius 2 is 1.77 bits per heavy atom. The highest BCUT2D eigenvalue weighted by atomic mass is 16.5. The second kappa shape index (κ2) is 11.2. The Morgan fingerprint density at radius 3 is 2.33 bits per heavy atom. The third-order valence-electron chi connectivity index (χ3n) is 5.41. The number of ether oxygens (including phenoxy) is 1. The fourth-order valence-corrected chi connectivity index (χ4v) is 3.53. The van der Waals surface area contributed by atoms with Crippen LogP contribution in [0.2, 0.25) is 0 Å². The van der Waals surface area contributed by atoms with Crippen molar-refractivity contribution in [1.82, 2.24) is 4.90 Å². The predicted molar refractivity (Wildman–Crippen MR) is 117 cm³/mol. The number of nitrogens with zero attached hydrogens (tertiary/aromatic N) is 2. The molecule has 0 spiro atoms. The molecule has 0 bridgehead atoms. The number of hydrogen-bond acceptors (Lipinski definition) is 4. The van der Waals surface area contributed by atoms with E-state index < -0.39 is 6.04 Å². The van der Waals surface area contributed by atoms with Crippen molar-refractivity contribution in [3.05, 3.63) is 59.7 Å². The van der Waals surface area contributed by atoms with Gasteiger partial charge < -0.3 is 9.64 Å². The van der Waals surface area contributed by atoms with Crippen LogP contribution in [0, 0.1) is 17.2 Å². The molecule has 2 rings (SSSR count). The smallest absolute Gasteiger partial charge is 0.328 e. The van der Waals surface area contributed by atoms with Gasteiger partial charge in [-0.25, -0.2) is 4.79 Å². The van der Waals surface area contributed by atoms with Crippen molar-refractivity contribution < 1.29 is 14.3 Å². The number of benzene rings is 2. The average Bonchev–Trinajstić information content (AvgIpc) is 2.78. The van der Waals surface area contributed by atoms with Crippen LogP contribution in [0.1, 0.15) is 51.2 Å². The van der Waals surface area contributed by atoms with Gasteiger partial charge in [0.05, 0.1) is 18.7 Å². The van der Waals surface area contributed by atoms with Crippen molar-refractivity contribution in [2.45, 2.75) is 52.6 Å². The van der Waals surface area contributed by atoms with E-state index in [4.69, 9.17) is 4.74 Å². The van der Waals surface area contributed by atoms with Gasteiger partial charge in [0.1, 0.15) is 6.04 Å². The summed E-state index contributed by atoms with van der Waals surface area (Å²) in [7, 11) is 1.36. The maximum Gasteiger partial charge on any atom is 0.328 e. The van der Waals surface area contributed by atoms with E-state index in [1.807, 2.05) is 63.2 Å². The topological polar surface area (TPSA) is 70.4 Å². The number of carbonyl (C=O) groups is 2. The number of hydrogen-bond donors (Lipinski definition) is 0. The fraction of sp³-hybridized carbons (Fsp3) is 0.400. The summed E-state index contributed by atoms with van der Waals surface area (Å²) in [6.07, 6.45) is 1.87. The van der Waals surface area contributed by atoms with Crippen molar-refractivity contribution in [1.29, 1.82) is 5.26 Å². The van der Waals surface area contributed by atoms with Crippen LogP contribution in [-0.4, -0.2) is 29.9 Å². The molecule has 0 aliphatic rings. The zero-order chi connectivity index (χ0) is 22.1. The average molecular weight is 407 g/mol. The van der Waals surface area contributed by atoms with Crippen molar-refractivity contribution in [2.24, 2.45) is 5.92 Å². The molecule has 2 aromatic rings. The van der Waals surface area contributed by atoms with E-state index in [1.54, 1.807) is 11.0 Å². The molecular formula is C25H30N2O3. The predicted octanol–water partition coefficient (Wildman–Crippen LogP) is 4.94. The molecule has 0 N–H and O–H groups in total. The zero-order valence-corrected chi connectivity index (χ0v) is 18.2. The van der Waals surface area contributed by atoms with E-state index in [0.29, 0.717) is 24.9 Å². The first-order valence-electron chi connectivity index (χ1n) is 10.4. The van der Waals surface area contributed by atoms with Crippen molar-refractivity contribution >= 4 is 11.9 Å². The third kappa shape index (κ3) is 5.48. The number of rotatable bonds is 9. The Hall–Kier alpha value is -3.13. The van der Waals surface area contributed by atoms with Crippen LogP contribution >= 0.6 is 0 Å². The molecule has 158 valence electrons. The lowest BCUT2D eigenvalue weighted by molar-refractivity contribution is -0.156. The molecule has 2 atom stereocenters. The van der Waals surface area contributed by atoms with E-state index in [-0.39, 0.29) is 17.8 Å². The summed E-state index contributed by atoms with van der Waals surface area (Å²) in [5, 5.41) is 9.34. The summed E-state index contributed by atoms with van der Waals surface area (Å²) in [4.78, 5) is 27.1. The maximum atomic E-state index is 12.9. The molecular weight excluding hydrogens is 376 g/mol. The minimum absolute atomic E-state index is 0.0139. The molecule has 0 aliphatic heterocycles. The second-order valence-corrected chi connectivity index (χ2v) is 7.48. The van der Waals surface area contributed by atoms with E-state index in [2.05, 4.69) is 6.07 Å². The normalized spacial score (nSPS) is 12.5. The molecule has 5 nitrogen and oxygen atoms in total. The number of methoxy groups -OCH3 is 1. The van der Waals surface area contributed by atoms with Gasteiger partial charge >= 0.3 is 5.97 Å². The van der Waals surface area contributed by atoms with Gasteiger partial charge in [-0.05, 0) is 35.1 Å². The summed E-state index contributed by atoms with van der Waals surface area (Å²) >= 11 is 0. The van der Waals surface area contributed by atoms with Crippen molar-refractivity contribution in [3.8, 4) is 17.2 Å². The number of carbonyl (C=O) groups excluding carboxylic acids is 2. The molecule has 30 heavy (non-hydrogen) atoms. The molecule has 0 aliphatic carbocycles. The molecule has 0 radical (unpaired) electrons. The lowest BCUT2D eigenvalue weighted by atomic mass is 9.95. The summed E-state index contributed by atoms with van der Waals surface area (Å²) < 4.78 is 5.02. The first kappa shape index (κ1) is 23.2. The molecule has 0 fully saturated rings. The minimum atomic E-state index is -0.613. The molecule has 1 unspecified atom stereocenters. The van der Waals surface area contributed by atoms with Gasteiger partial charge in [-0.15, -0.1) is 0 Å². The molecule has 0 saturated carbocycles. The molecule has 2 aromatic carbocycles. The van der Waals surface area contributed by atoms with Gasteiger partial charge in [-0.2, -0.15) is 5.26 Å². The first-order valence-corrected chi connectivity index (χ1v) is 10.4. The monoisotopic (exact) mass is 406 g/mol. The largest absolute Gasteiger partial charge is 0.467 e. The number of esters is 1. The highest BCUT2D eigenvalue weighted by Crippen LogP contribution is 2.25. The van der Waals surface area contributed by atoms with Gasteiger partial charge in [0.15, 0.2) is 0 Å². The molecule has 0 saturated heterocycles. The Kier molecular flexibility index (Phi) is 8.61. The SMILES string of the molecule is CCCC(=O)N(Cc1ccc(-c2ccccc2C#N)cc1)[C@H](C(=O)OC)C(C)CC. The summed E-state index contributed by atoms with van der Waals surface area (Å²) in [6, 6.07) is 16.9. The Morgan fingerprint density at radius 1 is 1.10 bits per heavy atom. The third-order valence-corrected chi connectivity index (χ3v) is 5.41. The minimum Gasteiger partial charge on any atom is -0.467 e. The van der Waals surface area contributed by atoms with Crippen LogP contribution in [0.5, 0.6) is 0 Å². The standard InChI is InChI=1S/C25H30N2O3/c1-5-9-23(28)27(24(18(3)6-2)25(29)30-4)17-19-12-14-20(15-13-19)22-11-8-7-10-21(22)16-26/h7-8,10-15,18,24H,5-6,9,17H2,1-4H3/t18?,24-/m0/s1. The van der Waals surface area contributed by atoms with Gasteiger partial charge in [0.25, 0.3) is 0 Å². The van der Waals surface area contributed by atoms with Crippen LogP contribution in [0.3, 0.4) is 0 Å². The molecule has 5 heteroatoms. The Labute approximate surface area is 179 Å². The summed E-state index contributed by atoms with van der Waals surface area (Å²) in [6.45, 7) is 6.26. The van der Waals surface area contributed by atoms with Gasteiger partial charge in [-0.1, -0.05) is 69.7 Å². The van der Waals surface area contributed by atoms with Crippen molar-refractivity contribution in [3.63, 3.8) is 0 Å². The molecule has 0 aromatic heterocycles. The van der Waals surface area contributed by atoms with E-state index >= 15 is 0 Å². The van der Waals surface area contributed by atoms with Crippen LogP contribution in [0.4, 0.5) is 0 Å². The van der Waals surface area contributed by atoms with Gasteiger partial charge in [0.2, 0.25) is 5.91 Å². The quantitative estimate of drug-likeness (QED) is 0.553. The molecule has 1 amide bonds. The van der Waals surface area contributed by atoms with Gasteiger partial charge in [0, 0.05) is 13.0 Å². The Balaban J connectivity index is 2.34. The van der Waals surface area contributed by atoms with Crippen molar-refractivity contribution in [2.75, 3.05) is 7.11 Å². The van der Waals surface area contributed by atoms with E-state index in [0.717, 1.165) is 23.1 Å². The number of nitriles is 1. The van der Waals surface area contributed by atoms with E-state index in [9.17, 15) is 14.9 Å². The van der Waals surface area contributed by atoms with Crippen LogP contribution in [0.25, 0.3) is 11.1 Å². The lowest BCUT2D eigenvalue weighted by Crippen LogP contribution is -2.48. The summed E-state index contributed by atoms with van der Waals surface area (Å²) in [5.41, 5.74) is 3.36. The second-order valence-electron chi connectivity index (χ2n) is 7.48. The molecule has 0 heterocycles. The van der Waals surface area contributed by atoms with Gasteiger partial charge in [-0.3, -0.25) is 4.79 Å².